The van der Waals surface area contributed by atoms with Gasteiger partial charge in [0.05, 0.1) is 28.2 Å². The average Bonchev–Trinajstić information content (AvgIpc) is 3.30. The highest BCUT2D eigenvalue weighted by atomic mass is 35.5. The summed E-state index contributed by atoms with van der Waals surface area (Å²) in [5, 5.41) is 5.45. The zero-order valence-electron chi connectivity index (χ0n) is 19.1. The van der Waals surface area contributed by atoms with Crippen molar-refractivity contribution in [3.05, 3.63) is 69.1 Å². The average molecular weight is 527 g/mol. The van der Waals surface area contributed by atoms with Gasteiger partial charge in [-0.05, 0) is 43.5 Å². The molecule has 1 unspecified atom stereocenters. The number of likely N-dealkylation sites (tertiary alicyclic amines) is 1. The molecule has 2 aliphatic heterocycles. The summed E-state index contributed by atoms with van der Waals surface area (Å²) in [5.74, 6) is -0.528. The van der Waals surface area contributed by atoms with Crippen LogP contribution in [0.5, 0.6) is 5.88 Å². The van der Waals surface area contributed by atoms with Gasteiger partial charge in [0.1, 0.15) is 11.9 Å². The van der Waals surface area contributed by atoms with Crippen LogP contribution >= 0.6 is 23.4 Å². The van der Waals surface area contributed by atoms with E-state index in [1.54, 1.807) is 6.20 Å². The number of carbonyl (C=O) groups is 1. The molecule has 188 valence electrons. The Bertz CT molecular complexity index is 1080. The molecule has 1 saturated heterocycles. The van der Waals surface area contributed by atoms with Gasteiger partial charge in [-0.25, -0.2) is 18.2 Å². The fourth-order valence-corrected chi connectivity index (χ4v) is 5.62. The quantitative estimate of drug-likeness (QED) is 0.524. The Hall–Kier alpha value is -2.43. The Morgan fingerprint density at radius 2 is 2.11 bits per heavy atom. The van der Waals surface area contributed by atoms with E-state index in [1.807, 2.05) is 19.1 Å². The van der Waals surface area contributed by atoms with Crippen LogP contribution in [0.25, 0.3) is 0 Å². The highest BCUT2D eigenvalue weighted by Gasteiger charge is 2.35. The highest BCUT2D eigenvalue weighted by Crippen LogP contribution is 2.34. The Kier molecular flexibility index (Phi) is 8.46. The van der Waals surface area contributed by atoms with Gasteiger partial charge in [0.25, 0.3) is 12.3 Å². The second-order valence-electron chi connectivity index (χ2n) is 8.39. The number of aromatic nitrogens is 1. The Morgan fingerprint density at radius 1 is 1.34 bits per heavy atom. The van der Waals surface area contributed by atoms with Gasteiger partial charge in [0.15, 0.2) is 0 Å². The number of thioether (sulfide) groups is 1. The number of hydrogen-bond donors (Lipinski definition) is 2. The van der Waals surface area contributed by atoms with E-state index < -0.39 is 24.2 Å². The van der Waals surface area contributed by atoms with Crippen LogP contribution in [-0.2, 0) is 0 Å². The van der Waals surface area contributed by atoms with Crippen LogP contribution < -0.4 is 15.4 Å². The zero-order valence-corrected chi connectivity index (χ0v) is 20.6. The third kappa shape index (κ3) is 6.23. The summed E-state index contributed by atoms with van der Waals surface area (Å²) >= 11 is 7.31. The molecule has 0 spiro atoms. The first-order valence-corrected chi connectivity index (χ1v) is 12.6. The maximum atomic E-state index is 14.2. The molecular weight excluding hydrogens is 501 g/mol. The van der Waals surface area contributed by atoms with Crippen LogP contribution in [-0.4, -0.2) is 59.9 Å². The van der Waals surface area contributed by atoms with E-state index in [4.69, 9.17) is 16.3 Å². The first-order chi connectivity index (χ1) is 16.8. The van der Waals surface area contributed by atoms with Gasteiger partial charge in [-0.1, -0.05) is 17.7 Å². The fraction of sp³-hybridized carbons (Fsp3) is 0.417. The number of rotatable bonds is 8. The van der Waals surface area contributed by atoms with E-state index in [-0.39, 0.29) is 28.9 Å². The minimum absolute atomic E-state index is 0.00818. The molecule has 11 heteroatoms. The number of benzene rings is 1. The Morgan fingerprint density at radius 3 is 2.80 bits per heavy atom. The van der Waals surface area contributed by atoms with Gasteiger partial charge in [0, 0.05) is 36.8 Å². The number of carbonyl (C=O) groups excluding carboxylic acids is 1. The van der Waals surface area contributed by atoms with Gasteiger partial charge in [-0.3, -0.25) is 9.69 Å². The number of hydrogen-bond acceptors (Lipinski definition) is 6. The number of halogens is 4. The normalized spacial score (nSPS) is 18.0. The van der Waals surface area contributed by atoms with Gasteiger partial charge in [-0.15, -0.1) is 11.8 Å². The van der Waals surface area contributed by atoms with Gasteiger partial charge < -0.3 is 15.4 Å². The van der Waals surface area contributed by atoms with Crippen molar-refractivity contribution in [3.8, 4) is 5.88 Å². The summed E-state index contributed by atoms with van der Waals surface area (Å²) in [5.41, 5.74) is 0.668. The largest absolute Gasteiger partial charge is 0.474 e. The number of piperidine rings is 1. The van der Waals surface area contributed by atoms with Crippen molar-refractivity contribution < 1.29 is 22.7 Å². The first kappa shape index (κ1) is 25.7. The summed E-state index contributed by atoms with van der Waals surface area (Å²) in [6, 6.07) is 7.27. The van der Waals surface area contributed by atoms with Crippen LogP contribution in [0.1, 0.15) is 28.8 Å². The molecule has 0 saturated carbocycles. The summed E-state index contributed by atoms with van der Waals surface area (Å²) < 4.78 is 47.6. The number of pyridine rings is 1. The van der Waals surface area contributed by atoms with Crippen LogP contribution in [0.3, 0.4) is 0 Å². The SMILES string of the molecule is Cc1ccnc(OC2CCN(C(CNC(=O)c3c(F)cccc3Cl)C3=C(C(F)F)NCS3)CC2)c1. The molecule has 4 rings (SSSR count). The number of ether oxygens (including phenoxy) is 1. The van der Waals surface area contributed by atoms with Crippen molar-refractivity contribution >= 4 is 29.3 Å². The first-order valence-electron chi connectivity index (χ1n) is 11.3. The minimum atomic E-state index is -2.66. The third-order valence-corrected chi connectivity index (χ3v) is 7.42. The van der Waals surface area contributed by atoms with E-state index in [0.29, 0.717) is 42.6 Å². The second kappa shape index (κ2) is 11.5. The predicted octanol–water partition coefficient (Wildman–Crippen LogP) is 4.59. The van der Waals surface area contributed by atoms with Crippen LogP contribution in [0.4, 0.5) is 13.2 Å². The third-order valence-electron chi connectivity index (χ3n) is 6.02. The number of amides is 1. The number of allylic oxidation sites excluding steroid dienone is 1. The molecular formula is C24H26ClF3N4O2S. The van der Waals surface area contributed by atoms with E-state index in [0.717, 1.165) is 11.6 Å². The smallest absolute Gasteiger partial charge is 0.278 e. The van der Waals surface area contributed by atoms with Crippen molar-refractivity contribution in [1.29, 1.82) is 0 Å². The minimum Gasteiger partial charge on any atom is -0.474 e. The lowest BCUT2D eigenvalue weighted by Gasteiger charge is -2.38. The number of aryl methyl sites for hydroxylation is 1. The molecule has 3 heterocycles. The maximum absolute atomic E-state index is 14.2. The summed E-state index contributed by atoms with van der Waals surface area (Å²) in [6.07, 6.45) is 0.338. The topological polar surface area (TPSA) is 66.5 Å². The van der Waals surface area contributed by atoms with E-state index in [1.165, 1.54) is 23.9 Å². The molecule has 2 aromatic rings. The molecule has 2 N–H and O–H groups in total. The van der Waals surface area contributed by atoms with E-state index in [2.05, 4.69) is 20.5 Å². The zero-order chi connectivity index (χ0) is 24.9. The summed E-state index contributed by atoms with van der Waals surface area (Å²) in [6.45, 7) is 3.16. The number of nitrogens with one attached hydrogen (secondary N) is 2. The number of nitrogens with zero attached hydrogens (tertiary/aromatic N) is 2. The summed E-state index contributed by atoms with van der Waals surface area (Å²) in [7, 11) is 0. The van der Waals surface area contributed by atoms with Crippen molar-refractivity contribution in [2.24, 2.45) is 0 Å². The predicted molar refractivity (Wildman–Crippen MR) is 130 cm³/mol. The highest BCUT2D eigenvalue weighted by molar-refractivity contribution is 8.03. The van der Waals surface area contributed by atoms with Gasteiger partial charge >= 0.3 is 0 Å². The lowest BCUT2D eigenvalue weighted by molar-refractivity contribution is 0.0776. The molecule has 1 amide bonds. The van der Waals surface area contributed by atoms with Crippen LogP contribution in [0.15, 0.2) is 47.1 Å². The molecule has 35 heavy (non-hydrogen) atoms. The summed E-state index contributed by atoms with van der Waals surface area (Å²) in [4.78, 5) is 19.5. The van der Waals surface area contributed by atoms with Crippen molar-refractivity contribution in [1.82, 2.24) is 20.5 Å². The maximum Gasteiger partial charge on any atom is 0.278 e. The monoisotopic (exact) mass is 526 g/mol. The molecule has 6 nitrogen and oxygen atoms in total. The molecule has 0 aliphatic carbocycles. The molecule has 1 atom stereocenters. The van der Waals surface area contributed by atoms with Crippen molar-refractivity contribution in [3.63, 3.8) is 0 Å². The molecule has 1 aromatic carbocycles. The molecule has 0 radical (unpaired) electrons. The molecule has 0 bridgehead atoms. The van der Waals surface area contributed by atoms with Crippen LogP contribution in [0.2, 0.25) is 5.02 Å². The molecule has 2 aliphatic rings. The fourth-order valence-electron chi connectivity index (χ4n) is 4.25. The number of alkyl halides is 2. The lowest BCUT2D eigenvalue weighted by atomic mass is 10.0. The molecule has 1 aromatic heterocycles. The van der Waals surface area contributed by atoms with Gasteiger partial charge in [0.2, 0.25) is 5.88 Å². The second-order valence-corrected chi connectivity index (χ2v) is 9.82. The standard InChI is InChI=1S/C24H26ClF3N4O2S/c1-14-5-8-29-19(11-14)34-15-6-9-32(10-7-15)18(22-21(23(27)28)31-13-35-22)12-30-24(33)20-16(25)3-2-4-17(20)26/h2-5,8,11,15,18,23,31H,6-7,9-10,12-13H2,1H3,(H,30,33). The van der Waals surface area contributed by atoms with Crippen LogP contribution in [0, 0.1) is 12.7 Å². The van der Waals surface area contributed by atoms with E-state index >= 15 is 0 Å². The lowest BCUT2D eigenvalue weighted by Crippen LogP contribution is -2.49. The van der Waals surface area contributed by atoms with Gasteiger partial charge in [-0.2, -0.15) is 0 Å². The van der Waals surface area contributed by atoms with Crippen molar-refractivity contribution in [2.75, 3.05) is 25.5 Å². The van der Waals surface area contributed by atoms with E-state index in [9.17, 15) is 18.0 Å². The van der Waals surface area contributed by atoms with Crippen molar-refractivity contribution in [2.45, 2.75) is 38.3 Å². The Balaban J connectivity index is 1.47. The molecule has 1 fully saturated rings. The Labute approximate surface area is 211 Å².